The van der Waals surface area contributed by atoms with Crippen LogP contribution in [0.2, 0.25) is 0 Å². The van der Waals surface area contributed by atoms with Crippen LogP contribution in [0, 0.1) is 0 Å². The molecule has 2 nitrogen and oxygen atoms in total. The number of ketones is 1. The lowest BCUT2D eigenvalue weighted by Crippen LogP contribution is -2.16. The van der Waals surface area contributed by atoms with Crippen molar-refractivity contribution >= 4 is 23.3 Å². The molecule has 0 fully saturated rings. The van der Waals surface area contributed by atoms with Crippen molar-refractivity contribution in [3.05, 3.63) is 41.2 Å². The second kappa shape index (κ2) is 4.11. The monoisotopic (exact) mass is 220 g/mol. The molecule has 0 heterocycles. The smallest absolute Gasteiger partial charge is 0.202 e. The molecule has 0 unspecified atom stereocenters. The quantitative estimate of drug-likeness (QED) is 0.775. The summed E-state index contributed by atoms with van der Waals surface area (Å²) in [6.45, 7) is 2.36. The molecule has 0 N–H and O–H groups in total. The van der Waals surface area contributed by atoms with E-state index in [0.29, 0.717) is 23.7 Å². The minimum Gasteiger partial charge on any atom is -0.489 e. The van der Waals surface area contributed by atoms with Crippen molar-refractivity contribution in [2.45, 2.75) is 13.3 Å². The number of carbonyl (C=O) groups is 1. The predicted octanol–water partition coefficient (Wildman–Crippen LogP) is 2.45. The van der Waals surface area contributed by atoms with Crippen molar-refractivity contribution in [3.8, 4) is 0 Å². The number of hydrogen-bond acceptors (Lipinski definition) is 3. The van der Waals surface area contributed by atoms with Crippen LogP contribution >= 0.6 is 12.6 Å². The largest absolute Gasteiger partial charge is 0.489 e. The van der Waals surface area contributed by atoms with E-state index >= 15 is 0 Å². The van der Waals surface area contributed by atoms with Crippen LogP contribution in [0.3, 0.4) is 0 Å². The van der Waals surface area contributed by atoms with Crippen LogP contribution in [0.5, 0.6) is 0 Å². The lowest BCUT2D eigenvalue weighted by Gasteiger charge is -2.19. The van der Waals surface area contributed by atoms with Crippen molar-refractivity contribution < 1.29 is 9.53 Å². The molecule has 0 bridgehead atoms. The molecule has 0 amide bonds. The van der Waals surface area contributed by atoms with Gasteiger partial charge in [-0.15, -0.1) is 12.6 Å². The standard InChI is InChI=1S/C12H12O2S/c1-2-14-11-10(13)7-8-5-3-4-6-9(8)12(11)15/h3-6,15H,2,7H2,1H3. The Labute approximate surface area is 94.4 Å². The summed E-state index contributed by atoms with van der Waals surface area (Å²) in [5.41, 5.74) is 2.03. The van der Waals surface area contributed by atoms with E-state index in [4.69, 9.17) is 4.74 Å². The molecule has 0 radical (unpaired) electrons. The number of benzene rings is 1. The number of Topliss-reactive ketones (excluding diaryl/α,β-unsaturated/α-hetero) is 1. The molecule has 0 spiro atoms. The minimum absolute atomic E-state index is 0.0144. The van der Waals surface area contributed by atoms with Gasteiger partial charge in [0.1, 0.15) is 0 Å². The van der Waals surface area contributed by atoms with E-state index in [-0.39, 0.29) is 5.78 Å². The Morgan fingerprint density at radius 2 is 2.13 bits per heavy atom. The lowest BCUT2D eigenvalue weighted by atomic mass is 9.95. The van der Waals surface area contributed by atoms with E-state index in [9.17, 15) is 4.79 Å². The summed E-state index contributed by atoms with van der Waals surface area (Å²) in [5.74, 6) is 0.417. The van der Waals surface area contributed by atoms with Gasteiger partial charge in [-0.1, -0.05) is 24.3 Å². The molecule has 15 heavy (non-hydrogen) atoms. The second-order valence-corrected chi connectivity index (χ2v) is 3.82. The zero-order valence-corrected chi connectivity index (χ0v) is 9.38. The summed E-state index contributed by atoms with van der Waals surface area (Å²) in [6, 6.07) is 7.78. The molecule has 1 aromatic carbocycles. The van der Waals surface area contributed by atoms with Gasteiger partial charge in [0.2, 0.25) is 5.78 Å². The Kier molecular flexibility index (Phi) is 2.82. The third-order valence-electron chi connectivity index (χ3n) is 2.38. The van der Waals surface area contributed by atoms with Crippen molar-refractivity contribution in [2.24, 2.45) is 0 Å². The third-order valence-corrected chi connectivity index (χ3v) is 2.82. The molecule has 1 aliphatic carbocycles. The van der Waals surface area contributed by atoms with Gasteiger partial charge >= 0.3 is 0 Å². The summed E-state index contributed by atoms with van der Waals surface area (Å²) in [7, 11) is 0. The predicted molar refractivity (Wildman–Crippen MR) is 62.7 cm³/mol. The highest BCUT2D eigenvalue weighted by Crippen LogP contribution is 2.32. The average Bonchev–Trinajstić information content (AvgIpc) is 2.24. The van der Waals surface area contributed by atoms with Gasteiger partial charge < -0.3 is 4.74 Å². The number of hydrogen-bond donors (Lipinski definition) is 1. The normalized spacial score (nSPS) is 15.2. The fraction of sp³-hybridized carbons (Fsp3) is 0.250. The van der Waals surface area contributed by atoms with Gasteiger partial charge in [-0.3, -0.25) is 4.79 Å². The number of rotatable bonds is 2. The summed E-state index contributed by atoms with van der Waals surface area (Å²) in [6.07, 6.45) is 0.412. The fourth-order valence-electron chi connectivity index (χ4n) is 1.71. The maximum atomic E-state index is 11.7. The van der Waals surface area contributed by atoms with Crippen LogP contribution in [-0.4, -0.2) is 12.4 Å². The number of thiol groups is 1. The van der Waals surface area contributed by atoms with Crippen LogP contribution in [0.1, 0.15) is 18.1 Å². The summed E-state index contributed by atoms with van der Waals surface area (Å²) < 4.78 is 5.32. The molecule has 2 rings (SSSR count). The highest BCUT2D eigenvalue weighted by Gasteiger charge is 2.24. The van der Waals surface area contributed by atoms with Crippen LogP contribution < -0.4 is 0 Å². The van der Waals surface area contributed by atoms with E-state index in [2.05, 4.69) is 12.6 Å². The lowest BCUT2D eigenvalue weighted by molar-refractivity contribution is -0.118. The topological polar surface area (TPSA) is 26.3 Å². The highest BCUT2D eigenvalue weighted by atomic mass is 32.1. The molecule has 1 aliphatic rings. The first-order chi connectivity index (χ1) is 7.24. The van der Waals surface area contributed by atoms with Crippen molar-refractivity contribution in [1.29, 1.82) is 0 Å². The molecule has 0 saturated heterocycles. The molecule has 78 valence electrons. The zero-order chi connectivity index (χ0) is 10.8. The van der Waals surface area contributed by atoms with Gasteiger partial charge in [-0.05, 0) is 18.1 Å². The van der Waals surface area contributed by atoms with Crippen LogP contribution in [0.15, 0.2) is 30.0 Å². The van der Waals surface area contributed by atoms with E-state index in [1.165, 1.54) is 0 Å². The SMILES string of the molecule is CCOC1=C(S)c2ccccc2CC1=O. The van der Waals surface area contributed by atoms with Crippen molar-refractivity contribution in [2.75, 3.05) is 6.61 Å². The first kappa shape index (κ1) is 10.3. The number of carbonyl (C=O) groups excluding carboxylic acids is 1. The summed E-state index contributed by atoms with van der Waals surface area (Å²) in [4.78, 5) is 12.4. The molecule has 0 aromatic heterocycles. The maximum absolute atomic E-state index is 11.7. The molecule has 0 atom stereocenters. The van der Waals surface area contributed by atoms with E-state index in [0.717, 1.165) is 11.1 Å². The van der Waals surface area contributed by atoms with Gasteiger partial charge in [0.05, 0.1) is 11.5 Å². The van der Waals surface area contributed by atoms with Crippen LogP contribution in [0.25, 0.3) is 4.91 Å². The Morgan fingerprint density at radius 3 is 2.87 bits per heavy atom. The molecule has 0 aliphatic heterocycles. The highest BCUT2D eigenvalue weighted by molar-refractivity contribution is 7.90. The van der Waals surface area contributed by atoms with Gasteiger partial charge in [0.25, 0.3) is 0 Å². The summed E-state index contributed by atoms with van der Waals surface area (Å²) >= 11 is 4.36. The van der Waals surface area contributed by atoms with Gasteiger partial charge in [-0.25, -0.2) is 0 Å². The van der Waals surface area contributed by atoms with E-state index < -0.39 is 0 Å². The second-order valence-electron chi connectivity index (χ2n) is 3.37. The van der Waals surface area contributed by atoms with Crippen LogP contribution in [0.4, 0.5) is 0 Å². The molecule has 0 saturated carbocycles. The first-order valence-corrected chi connectivity index (χ1v) is 5.36. The first-order valence-electron chi connectivity index (χ1n) is 4.91. The van der Waals surface area contributed by atoms with Gasteiger partial charge in [0, 0.05) is 6.42 Å². The molecular formula is C12H12O2S. The van der Waals surface area contributed by atoms with Gasteiger partial charge in [-0.2, -0.15) is 0 Å². The third kappa shape index (κ3) is 1.79. The Bertz CT molecular complexity index is 435. The molecule has 3 heteroatoms. The number of allylic oxidation sites excluding steroid dienone is 1. The minimum atomic E-state index is 0.0144. The maximum Gasteiger partial charge on any atom is 0.202 e. The Balaban J connectivity index is 2.52. The van der Waals surface area contributed by atoms with E-state index in [1.54, 1.807) is 0 Å². The molecular weight excluding hydrogens is 208 g/mol. The fourth-order valence-corrected chi connectivity index (χ4v) is 2.11. The zero-order valence-electron chi connectivity index (χ0n) is 8.49. The Hall–Kier alpha value is -1.22. The van der Waals surface area contributed by atoms with E-state index in [1.807, 2.05) is 31.2 Å². The molecule has 1 aromatic rings. The number of fused-ring (bicyclic) bond motifs is 1. The Morgan fingerprint density at radius 1 is 1.40 bits per heavy atom. The summed E-state index contributed by atoms with van der Waals surface area (Å²) in [5, 5.41) is 0. The van der Waals surface area contributed by atoms with Crippen LogP contribution in [-0.2, 0) is 16.0 Å². The average molecular weight is 220 g/mol. The van der Waals surface area contributed by atoms with Gasteiger partial charge in [0.15, 0.2) is 5.76 Å². The van der Waals surface area contributed by atoms with Crippen molar-refractivity contribution in [1.82, 2.24) is 0 Å². The number of ether oxygens (including phenoxy) is 1. The van der Waals surface area contributed by atoms with Crippen molar-refractivity contribution in [3.63, 3.8) is 0 Å².